The number of non-ortho nitro benzene ring substituents is 1. The molecule has 6 nitrogen and oxygen atoms in total. The van der Waals surface area contributed by atoms with E-state index in [4.69, 9.17) is 0 Å². The molecule has 0 bridgehead atoms. The lowest BCUT2D eigenvalue weighted by Gasteiger charge is -1.98. The van der Waals surface area contributed by atoms with Crippen LogP contribution < -0.4 is 5.32 Å². The highest BCUT2D eigenvalue weighted by Crippen LogP contribution is 2.30. The number of nitro groups is 1. The van der Waals surface area contributed by atoms with Crippen molar-refractivity contribution < 1.29 is 4.92 Å². The third-order valence-electron chi connectivity index (χ3n) is 2.57. The minimum atomic E-state index is -0.415. The zero-order valence-corrected chi connectivity index (χ0v) is 13.2. The number of nitrogens with one attached hydrogen (secondary N) is 1. The first-order valence-electron chi connectivity index (χ1n) is 6.08. The lowest BCUT2D eigenvalue weighted by Crippen LogP contribution is -2.15. The summed E-state index contributed by atoms with van der Waals surface area (Å²) in [5.41, 5.74) is 0.747. The van der Waals surface area contributed by atoms with Crippen molar-refractivity contribution in [3.05, 3.63) is 37.8 Å². The molecule has 0 fully saturated rings. The maximum atomic E-state index is 10.9. The molecule has 1 heterocycles. The Hall–Kier alpha value is -1.38. The largest absolute Gasteiger partial charge is 0.317 e. The Balaban J connectivity index is 2.21. The first-order valence-corrected chi connectivity index (χ1v) is 7.69. The quantitative estimate of drug-likeness (QED) is 0.488. The molecule has 0 aliphatic rings. The standard InChI is InChI=1S/C12H13BrN4O2S/c1-2-14-4-3-11-15-16-12(20-11)8-5-9(13)7-10(6-8)17(18)19/h5-7,14H,2-4H2,1H3. The van der Waals surface area contributed by atoms with Crippen LogP contribution in [-0.2, 0) is 6.42 Å². The molecule has 2 rings (SSSR count). The van der Waals surface area contributed by atoms with Crippen LogP contribution in [0.2, 0.25) is 0 Å². The van der Waals surface area contributed by atoms with E-state index >= 15 is 0 Å². The SMILES string of the molecule is CCNCCc1nnc(-c2cc(Br)cc([N+](=O)[O-])c2)s1. The molecule has 0 saturated heterocycles. The van der Waals surface area contributed by atoms with E-state index in [1.807, 2.05) is 13.0 Å². The summed E-state index contributed by atoms with van der Waals surface area (Å²) in [6.45, 7) is 3.82. The molecule has 106 valence electrons. The van der Waals surface area contributed by atoms with E-state index in [2.05, 4.69) is 31.4 Å². The molecule has 0 spiro atoms. The topological polar surface area (TPSA) is 81.0 Å². The van der Waals surface area contributed by atoms with Crippen LogP contribution in [0.4, 0.5) is 5.69 Å². The highest BCUT2D eigenvalue weighted by molar-refractivity contribution is 9.10. The molecule has 8 heteroatoms. The number of nitrogens with zero attached hydrogens (tertiary/aromatic N) is 3. The van der Waals surface area contributed by atoms with Gasteiger partial charge < -0.3 is 5.32 Å². The Morgan fingerprint density at radius 3 is 2.90 bits per heavy atom. The summed E-state index contributed by atoms with van der Waals surface area (Å²) in [6, 6.07) is 4.79. The molecule has 0 aliphatic heterocycles. The number of rotatable bonds is 6. The van der Waals surface area contributed by atoms with Crippen LogP contribution in [0.3, 0.4) is 0 Å². The van der Waals surface area contributed by atoms with Gasteiger partial charge in [0.05, 0.1) is 4.92 Å². The third kappa shape index (κ3) is 3.81. The average Bonchev–Trinajstić information content (AvgIpc) is 2.87. The van der Waals surface area contributed by atoms with Crippen LogP contribution >= 0.6 is 27.3 Å². The molecule has 1 aromatic heterocycles. The van der Waals surface area contributed by atoms with Crippen molar-refractivity contribution >= 4 is 33.0 Å². The lowest BCUT2D eigenvalue weighted by molar-refractivity contribution is -0.384. The maximum absolute atomic E-state index is 10.9. The molecule has 0 saturated carbocycles. The van der Waals surface area contributed by atoms with E-state index in [0.717, 1.165) is 24.5 Å². The average molecular weight is 357 g/mol. The van der Waals surface area contributed by atoms with Crippen molar-refractivity contribution in [3.8, 4) is 10.6 Å². The fraction of sp³-hybridized carbons (Fsp3) is 0.333. The number of hydrogen-bond acceptors (Lipinski definition) is 6. The summed E-state index contributed by atoms with van der Waals surface area (Å²) in [4.78, 5) is 10.4. The molecule has 0 radical (unpaired) electrons. The predicted molar refractivity (Wildman–Crippen MR) is 81.9 cm³/mol. The molecule has 1 aromatic carbocycles. The van der Waals surface area contributed by atoms with E-state index in [-0.39, 0.29) is 5.69 Å². The number of nitro benzene ring substituents is 1. The fourth-order valence-corrected chi connectivity index (χ4v) is 2.95. The van der Waals surface area contributed by atoms with Gasteiger partial charge in [-0.05, 0) is 12.6 Å². The molecular formula is C12H13BrN4O2S. The van der Waals surface area contributed by atoms with Gasteiger partial charge in [-0.3, -0.25) is 10.1 Å². The molecule has 1 N–H and O–H groups in total. The summed E-state index contributed by atoms with van der Waals surface area (Å²) >= 11 is 4.74. The Kier molecular flexibility index (Phi) is 5.16. The van der Waals surface area contributed by atoms with Crippen molar-refractivity contribution in [2.24, 2.45) is 0 Å². The van der Waals surface area contributed by atoms with Gasteiger partial charge >= 0.3 is 0 Å². The van der Waals surface area contributed by atoms with Gasteiger partial charge in [0.25, 0.3) is 5.69 Å². The van der Waals surface area contributed by atoms with Gasteiger partial charge in [-0.25, -0.2) is 0 Å². The van der Waals surface area contributed by atoms with Crippen LogP contribution in [0, 0.1) is 10.1 Å². The van der Waals surface area contributed by atoms with Crippen molar-refractivity contribution in [1.82, 2.24) is 15.5 Å². The molecule has 0 aliphatic carbocycles. The summed E-state index contributed by atoms with van der Waals surface area (Å²) < 4.78 is 0.658. The Bertz CT molecular complexity index is 617. The summed E-state index contributed by atoms with van der Waals surface area (Å²) in [7, 11) is 0. The Labute approximate surface area is 128 Å². The summed E-state index contributed by atoms with van der Waals surface area (Å²) in [5.74, 6) is 0. The highest BCUT2D eigenvalue weighted by Gasteiger charge is 2.13. The van der Waals surface area contributed by atoms with Crippen LogP contribution in [-0.4, -0.2) is 28.2 Å². The zero-order chi connectivity index (χ0) is 14.5. The van der Waals surface area contributed by atoms with Gasteiger partial charge in [-0.15, -0.1) is 10.2 Å². The van der Waals surface area contributed by atoms with Gasteiger partial charge in [0.2, 0.25) is 0 Å². The van der Waals surface area contributed by atoms with Gasteiger partial charge in [0.1, 0.15) is 10.0 Å². The van der Waals surface area contributed by atoms with Crippen LogP contribution in [0.15, 0.2) is 22.7 Å². The monoisotopic (exact) mass is 356 g/mol. The van der Waals surface area contributed by atoms with Crippen molar-refractivity contribution in [3.63, 3.8) is 0 Å². The number of hydrogen-bond donors (Lipinski definition) is 1. The van der Waals surface area contributed by atoms with Crippen molar-refractivity contribution in [2.45, 2.75) is 13.3 Å². The number of benzene rings is 1. The zero-order valence-electron chi connectivity index (χ0n) is 10.8. The van der Waals surface area contributed by atoms with Gasteiger partial charge in [0.15, 0.2) is 0 Å². The Morgan fingerprint density at radius 1 is 1.40 bits per heavy atom. The predicted octanol–water partition coefficient (Wildman–Crippen LogP) is 3.03. The summed E-state index contributed by atoms with van der Waals surface area (Å²) in [6.07, 6.45) is 0.807. The van der Waals surface area contributed by atoms with E-state index in [0.29, 0.717) is 15.0 Å². The van der Waals surface area contributed by atoms with E-state index in [1.165, 1.54) is 23.5 Å². The Morgan fingerprint density at radius 2 is 2.20 bits per heavy atom. The normalized spacial score (nSPS) is 10.7. The van der Waals surface area contributed by atoms with Gasteiger partial charge in [-0.2, -0.15) is 0 Å². The molecule has 2 aromatic rings. The molecular weight excluding hydrogens is 344 g/mol. The van der Waals surface area contributed by atoms with Crippen LogP contribution in [0.5, 0.6) is 0 Å². The number of likely N-dealkylation sites (N-methyl/N-ethyl adjacent to an activating group) is 1. The third-order valence-corrected chi connectivity index (χ3v) is 4.06. The maximum Gasteiger partial charge on any atom is 0.271 e. The molecule has 0 atom stereocenters. The minimum Gasteiger partial charge on any atom is -0.317 e. The minimum absolute atomic E-state index is 0.0405. The summed E-state index contributed by atoms with van der Waals surface area (Å²) in [5, 5.41) is 23.9. The first-order chi connectivity index (χ1) is 9.60. The van der Waals surface area contributed by atoms with Crippen molar-refractivity contribution in [2.75, 3.05) is 13.1 Å². The second-order valence-corrected chi connectivity index (χ2v) is 6.04. The number of halogens is 1. The van der Waals surface area contributed by atoms with Gasteiger partial charge in [0, 0.05) is 35.1 Å². The van der Waals surface area contributed by atoms with Crippen LogP contribution in [0.25, 0.3) is 10.6 Å². The smallest absolute Gasteiger partial charge is 0.271 e. The molecule has 0 amide bonds. The second kappa shape index (κ2) is 6.87. The van der Waals surface area contributed by atoms with E-state index in [9.17, 15) is 10.1 Å². The van der Waals surface area contributed by atoms with Gasteiger partial charge in [-0.1, -0.05) is 34.2 Å². The molecule has 0 unspecified atom stereocenters. The number of aromatic nitrogens is 2. The van der Waals surface area contributed by atoms with Crippen LogP contribution in [0.1, 0.15) is 11.9 Å². The molecule has 20 heavy (non-hydrogen) atoms. The van der Waals surface area contributed by atoms with E-state index in [1.54, 1.807) is 0 Å². The highest BCUT2D eigenvalue weighted by atomic mass is 79.9. The fourth-order valence-electron chi connectivity index (χ4n) is 1.65. The second-order valence-electron chi connectivity index (χ2n) is 4.06. The van der Waals surface area contributed by atoms with Crippen molar-refractivity contribution in [1.29, 1.82) is 0 Å². The van der Waals surface area contributed by atoms with E-state index < -0.39 is 4.92 Å². The lowest BCUT2D eigenvalue weighted by atomic mass is 10.2. The first kappa shape index (κ1) is 15.0.